The van der Waals surface area contributed by atoms with Gasteiger partial charge in [0.1, 0.15) is 18.0 Å². The van der Waals surface area contributed by atoms with Gasteiger partial charge in [0.2, 0.25) is 0 Å². The van der Waals surface area contributed by atoms with Crippen LogP contribution in [0.1, 0.15) is 12.6 Å². The molecule has 3 aromatic rings. The summed E-state index contributed by atoms with van der Waals surface area (Å²) in [7, 11) is 0. The van der Waals surface area contributed by atoms with E-state index in [0.29, 0.717) is 34.3 Å². The summed E-state index contributed by atoms with van der Waals surface area (Å²) in [6.07, 6.45) is 0.384. The normalized spacial score (nSPS) is 14.3. The van der Waals surface area contributed by atoms with E-state index in [0.717, 1.165) is 35.3 Å². The summed E-state index contributed by atoms with van der Waals surface area (Å²) in [5.41, 5.74) is 0.0717. The number of aliphatic hydroxyl groups excluding tert-OH is 1. The number of carboxylic acid groups (broad SMARTS) is 1. The molecule has 0 atom stereocenters. The third kappa shape index (κ3) is 3.76. The number of H-pyrrole nitrogens is 2. The molecule has 1 aliphatic rings. The molecule has 0 spiro atoms. The van der Waals surface area contributed by atoms with Crippen LogP contribution in [0.4, 0.5) is 5.82 Å². The summed E-state index contributed by atoms with van der Waals surface area (Å²) >= 11 is 0.994. The summed E-state index contributed by atoms with van der Waals surface area (Å²) in [5.74, 6) is -0.619. The number of rotatable bonds is 6. The number of fused-ring (bicyclic) bond motifs is 1. The number of carbonyl (C=O) groups is 1. The predicted octanol–water partition coefficient (Wildman–Crippen LogP) is -0.213. The van der Waals surface area contributed by atoms with Crippen LogP contribution in [0.2, 0.25) is 0 Å². The van der Waals surface area contributed by atoms with Gasteiger partial charge in [-0.05, 0) is 24.2 Å². The van der Waals surface area contributed by atoms with Crippen molar-refractivity contribution in [2.75, 3.05) is 18.0 Å². The zero-order valence-corrected chi connectivity index (χ0v) is 16.2. The molecule has 4 heterocycles. The van der Waals surface area contributed by atoms with Gasteiger partial charge in [-0.3, -0.25) is 9.59 Å². The Balaban J connectivity index is 1.72. The highest BCUT2D eigenvalue weighted by Gasteiger charge is 2.28. The molecule has 1 saturated heterocycles. The minimum Gasteiger partial charge on any atom is -0.480 e. The molecule has 0 radical (unpaired) electrons. The third-order valence-corrected chi connectivity index (χ3v) is 5.34. The predicted molar refractivity (Wildman–Crippen MR) is 105 cm³/mol. The molecule has 1 aliphatic heterocycles. The molecule has 4 N–H and O–H groups in total. The minimum atomic E-state index is -1.29. The first-order valence-electron chi connectivity index (χ1n) is 8.90. The number of anilines is 1. The monoisotopic (exact) mass is 418 g/mol. The lowest BCUT2D eigenvalue weighted by atomic mass is 10.1. The topological polar surface area (TPSA) is 157 Å². The SMILES string of the molecule is CCc1cc2c(N3CC(O)C3)nc(Sc3cc(=O)n(CC(=O)O)c(=O)[nH]3)nc2[nH]1. The Morgan fingerprint density at radius 1 is 1.28 bits per heavy atom. The first-order chi connectivity index (χ1) is 13.8. The number of hydrogen-bond donors (Lipinski definition) is 4. The molecule has 0 aromatic carbocycles. The molecule has 0 saturated carbocycles. The second kappa shape index (κ2) is 7.37. The van der Waals surface area contributed by atoms with Crippen LogP contribution in [0, 0.1) is 0 Å². The highest BCUT2D eigenvalue weighted by Crippen LogP contribution is 2.32. The van der Waals surface area contributed by atoms with Gasteiger partial charge < -0.3 is 25.1 Å². The average molecular weight is 418 g/mol. The van der Waals surface area contributed by atoms with Gasteiger partial charge in [-0.25, -0.2) is 19.3 Å². The summed E-state index contributed by atoms with van der Waals surface area (Å²) in [4.78, 5) is 51.6. The van der Waals surface area contributed by atoms with Crippen LogP contribution in [0.5, 0.6) is 0 Å². The Bertz CT molecular complexity index is 1180. The van der Waals surface area contributed by atoms with Crippen molar-refractivity contribution in [1.29, 1.82) is 0 Å². The number of nitrogens with zero attached hydrogens (tertiary/aromatic N) is 4. The number of β-amino-alcohol motifs (C(OH)–C–C–N with tert-alkyl or cyclic N) is 1. The molecular weight excluding hydrogens is 400 g/mol. The molecule has 12 heteroatoms. The zero-order valence-electron chi connectivity index (χ0n) is 15.4. The smallest absolute Gasteiger partial charge is 0.329 e. The van der Waals surface area contributed by atoms with Crippen LogP contribution in [0.25, 0.3) is 11.0 Å². The standard InChI is InChI=1S/C17H18N6O5S/c1-2-8-3-10-14(18-8)20-16(21-15(10)22-5-9(24)6-22)29-11-4-12(25)23(7-13(26)27)17(28)19-11/h3-4,9,24H,2,5-7H2,1H3,(H,19,28)(H,26,27)(H,18,20,21). The van der Waals surface area contributed by atoms with Crippen molar-refractivity contribution in [3.63, 3.8) is 0 Å². The van der Waals surface area contributed by atoms with Crippen LogP contribution >= 0.6 is 11.8 Å². The molecule has 152 valence electrons. The average Bonchev–Trinajstić information content (AvgIpc) is 3.04. The number of aliphatic carboxylic acids is 1. The van der Waals surface area contributed by atoms with Gasteiger partial charge in [0.15, 0.2) is 5.16 Å². The fraction of sp³-hybridized carbons (Fsp3) is 0.353. The Kier molecular flexibility index (Phi) is 4.88. The molecular formula is C17H18N6O5S. The quantitative estimate of drug-likeness (QED) is 0.314. The van der Waals surface area contributed by atoms with Gasteiger partial charge in [-0.2, -0.15) is 0 Å². The first kappa shape index (κ1) is 19.2. The fourth-order valence-corrected chi connectivity index (χ4v) is 3.83. The van der Waals surface area contributed by atoms with E-state index in [1.165, 1.54) is 0 Å². The van der Waals surface area contributed by atoms with E-state index in [1.54, 1.807) is 0 Å². The van der Waals surface area contributed by atoms with Crippen LogP contribution in [0.3, 0.4) is 0 Å². The van der Waals surface area contributed by atoms with E-state index < -0.39 is 29.9 Å². The van der Waals surface area contributed by atoms with Crippen LogP contribution in [-0.2, 0) is 17.8 Å². The lowest BCUT2D eigenvalue weighted by Crippen LogP contribution is -2.51. The summed E-state index contributed by atoms with van der Waals surface area (Å²) in [6, 6.07) is 3.11. The minimum absolute atomic E-state index is 0.206. The van der Waals surface area contributed by atoms with Crippen molar-refractivity contribution in [2.24, 2.45) is 0 Å². The maximum Gasteiger partial charge on any atom is 0.329 e. The second-order valence-corrected chi connectivity index (χ2v) is 7.67. The zero-order chi connectivity index (χ0) is 20.7. The fourth-order valence-electron chi connectivity index (χ4n) is 3.07. The molecule has 29 heavy (non-hydrogen) atoms. The molecule has 1 fully saturated rings. The highest BCUT2D eigenvalue weighted by atomic mass is 32.2. The van der Waals surface area contributed by atoms with Gasteiger partial charge in [-0.1, -0.05) is 6.92 Å². The number of aliphatic hydroxyl groups is 1. The van der Waals surface area contributed by atoms with Crippen molar-refractivity contribution in [1.82, 2.24) is 24.5 Å². The Hall–Kier alpha value is -3.12. The van der Waals surface area contributed by atoms with Crippen LogP contribution < -0.4 is 16.1 Å². The van der Waals surface area contributed by atoms with E-state index in [-0.39, 0.29) is 5.03 Å². The van der Waals surface area contributed by atoms with Gasteiger partial charge in [0.05, 0.1) is 16.5 Å². The van der Waals surface area contributed by atoms with Crippen LogP contribution in [0.15, 0.2) is 31.9 Å². The molecule has 11 nitrogen and oxygen atoms in total. The highest BCUT2D eigenvalue weighted by molar-refractivity contribution is 7.99. The maximum atomic E-state index is 12.1. The first-order valence-corrected chi connectivity index (χ1v) is 9.72. The van der Waals surface area contributed by atoms with Gasteiger partial charge in [-0.15, -0.1) is 0 Å². The third-order valence-electron chi connectivity index (χ3n) is 4.54. The van der Waals surface area contributed by atoms with E-state index >= 15 is 0 Å². The number of aryl methyl sites for hydroxylation is 1. The number of nitrogens with one attached hydrogen (secondary N) is 2. The Morgan fingerprint density at radius 3 is 2.66 bits per heavy atom. The number of carboxylic acids is 1. The van der Waals surface area contributed by atoms with Gasteiger partial charge in [0.25, 0.3) is 5.56 Å². The number of aromatic nitrogens is 5. The molecule has 0 unspecified atom stereocenters. The lowest BCUT2D eigenvalue weighted by Gasteiger charge is -2.37. The Labute approximate surface area is 167 Å². The number of hydrogen-bond acceptors (Lipinski definition) is 8. The summed E-state index contributed by atoms with van der Waals surface area (Å²) in [6.45, 7) is 2.22. The molecule has 4 rings (SSSR count). The largest absolute Gasteiger partial charge is 0.480 e. The van der Waals surface area contributed by atoms with E-state index in [9.17, 15) is 19.5 Å². The second-order valence-electron chi connectivity index (χ2n) is 6.66. The number of aromatic amines is 2. The Morgan fingerprint density at radius 2 is 2.03 bits per heavy atom. The molecule has 3 aromatic heterocycles. The van der Waals surface area contributed by atoms with Crippen molar-refractivity contribution in [3.8, 4) is 0 Å². The summed E-state index contributed by atoms with van der Waals surface area (Å²) < 4.78 is 0.599. The van der Waals surface area contributed by atoms with Crippen molar-refractivity contribution < 1.29 is 15.0 Å². The van der Waals surface area contributed by atoms with Crippen LogP contribution in [-0.4, -0.2) is 59.9 Å². The van der Waals surface area contributed by atoms with Gasteiger partial charge >= 0.3 is 11.7 Å². The molecule has 0 bridgehead atoms. The van der Waals surface area contributed by atoms with Gasteiger partial charge in [0, 0.05) is 24.8 Å². The van der Waals surface area contributed by atoms with E-state index in [2.05, 4.69) is 19.9 Å². The lowest BCUT2D eigenvalue weighted by molar-refractivity contribution is -0.137. The van der Waals surface area contributed by atoms with E-state index in [4.69, 9.17) is 5.11 Å². The van der Waals surface area contributed by atoms with Crippen molar-refractivity contribution in [3.05, 3.63) is 38.7 Å². The van der Waals surface area contributed by atoms with E-state index in [1.807, 2.05) is 17.9 Å². The summed E-state index contributed by atoms with van der Waals surface area (Å²) in [5, 5.41) is 19.8. The molecule has 0 aliphatic carbocycles. The molecule has 0 amide bonds. The van der Waals surface area contributed by atoms with Crippen molar-refractivity contribution >= 4 is 34.6 Å². The van der Waals surface area contributed by atoms with Crippen molar-refractivity contribution in [2.45, 2.75) is 36.2 Å². The maximum absolute atomic E-state index is 12.1.